The van der Waals surface area contributed by atoms with E-state index in [1.54, 1.807) is 0 Å². The third-order valence-electron chi connectivity index (χ3n) is 4.98. The van der Waals surface area contributed by atoms with Gasteiger partial charge in [0.15, 0.2) is 5.78 Å². The first kappa shape index (κ1) is 17.0. The Balaban J connectivity index is 1.81. The lowest BCUT2D eigenvalue weighted by Gasteiger charge is -2.22. The zero-order valence-electron chi connectivity index (χ0n) is 13.1. The Morgan fingerprint density at radius 2 is 1.62 bits per heavy atom. The number of carbonyl (C=O) groups excluding carboxylic acids is 2. The Hall–Kier alpha value is -1.85. The molecule has 0 N–H and O–H groups in total. The van der Waals surface area contributed by atoms with Crippen LogP contribution in [0.15, 0.2) is 24.3 Å². The molecule has 0 aromatic heterocycles. The Kier molecular flexibility index (Phi) is 4.65. The summed E-state index contributed by atoms with van der Waals surface area (Å²) in [6.07, 6.45) is 0.890. The fourth-order valence-corrected chi connectivity index (χ4v) is 3.71. The SMILES string of the molecule is O=C1O[C@@H]2CCCCCC[C@H]2[C@@H]1C(=O)c1ccc(C(F)(F)F)cc1. The lowest BCUT2D eigenvalue weighted by atomic mass is 9.79. The van der Waals surface area contributed by atoms with Crippen molar-refractivity contribution in [3.05, 3.63) is 35.4 Å². The van der Waals surface area contributed by atoms with Crippen LogP contribution in [-0.2, 0) is 15.7 Å². The van der Waals surface area contributed by atoms with Crippen LogP contribution in [-0.4, -0.2) is 17.9 Å². The number of fused-ring (bicyclic) bond motifs is 1. The summed E-state index contributed by atoms with van der Waals surface area (Å²) >= 11 is 0. The van der Waals surface area contributed by atoms with E-state index in [-0.39, 0.29) is 17.6 Å². The third-order valence-corrected chi connectivity index (χ3v) is 4.98. The van der Waals surface area contributed by atoms with Gasteiger partial charge in [0, 0.05) is 11.5 Å². The van der Waals surface area contributed by atoms with Crippen LogP contribution in [0.2, 0.25) is 0 Å². The second-order valence-corrected chi connectivity index (χ2v) is 6.55. The van der Waals surface area contributed by atoms with Crippen LogP contribution in [0.5, 0.6) is 0 Å². The van der Waals surface area contributed by atoms with Crippen molar-refractivity contribution in [3.63, 3.8) is 0 Å². The lowest BCUT2D eigenvalue weighted by molar-refractivity contribution is -0.143. The second kappa shape index (κ2) is 6.57. The van der Waals surface area contributed by atoms with E-state index in [2.05, 4.69) is 0 Å². The molecule has 3 atom stereocenters. The van der Waals surface area contributed by atoms with Crippen molar-refractivity contribution >= 4 is 11.8 Å². The van der Waals surface area contributed by atoms with E-state index >= 15 is 0 Å². The Morgan fingerprint density at radius 1 is 1.00 bits per heavy atom. The van der Waals surface area contributed by atoms with Crippen molar-refractivity contribution in [2.45, 2.75) is 50.8 Å². The summed E-state index contributed by atoms with van der Waals surface area (Å²) in [5.74, 6) is -2.00. The monoisotopic (exact) mass is 340 g/mol. The molecule has 1 aliphatic heterocycles. The van der Waals surface area contributed by atoms with Crippen molar-refractivity contribution in [2.24, 2.45) is 11.8 Å². The molecule has 0 spiro atoms. The quantitative estimate of drug-likeness (QED) is 0.455. The largest absolute Gasteiger partial charge is 0.461 e. The van der Waals surface area contributed by atoms with Gasteiger partial charge in [0.1, 0.15) is 12.0 Å². The number of ether oxygens (including phenoxy) is 1. The van der Waals surface area contributed by atoms with Gasteiger partial charge in [-0.15, -0.1) is 0 Å². The molecular weight excluding hydrogens is 321 g/mol. The highest BCUT2D eigenvalue weighted by atomic mass is 19.4. The first-order valence-corrected chi connectivity index (χ1v) is 8.30. The van der Waals surface area contributed by atoms with Crippen molar-refractivity contribution in [3.8, 4) is 0 Å². The summed E-state index contributed by atoms with van der Waals surface area (Å²) in [5.41, 5.74) is -0.676. The molecule has 3 nitrogen and oxygen atoms in total. The summed E-state index contributed by atoms with van der Waals surface area (Å²) in [4.78, 5) is 24.9. The standard InChI is InChI=1S/C18H19F3O3/c19-18(20,21)12-9-7-11(8-10-12)16(22)15-13-5-3-1-2-4-6-14(13)24-17(15)23/h7-10,13-15H,1-6H2/t13-,14-,15-/m1/s1. The maximum Gasteiger partial charge on any atom is 0.416 e. The van der Waals surface area contributed by atoms with Gasteiger partial charge in [-0.05, 0) is 31.4 Å². The van der Waals surface area contributed by atoms with Gasteiger partial charge in [0.05, 0.1) is 5.56 Å². The molecule has 130 valence electrons. The van der Waals surface area contributed by atoms with E-state index in [0.29, 0.717) is 0 Å². The number of halogens is 3. The number of benzene rings is 1. The molecule has 1 aromatic carbocycles. The number of hydrogen-bond acceptors (Lipinski definition) is 3. The van der Waals surface area contributed by atoms with E-state index in [1.165, 1.54) is 0 Å². The first-order valence-electron chi connectivity index (χ1n) is 8.30. The minimum atomic E-state index is -4.45. The summed E-state index contributed by atoms with van der Waals surface area (Å²) in [5, 5.41) is 0. The van der Waals surface area contributed by atoms with E-state index in [0.717, 1.165) is 62.8 Å². The number of rotatable bonds is 2. The molecule has 6 heteroatoms. The van der Waals surface area contributed by atoms with E-state index < -0.39 is 29.4 Å². The van der Waals surface area contributed by atoms with Crippen LogP contribution in [0.25, 0.3) is 0 Å². The number of ketones is 1. The molecular formula is C18H19F3O3. The van der Waals surface area contributed by atoms with Crippen LogP contribution in [0, 0.1) is 11.8 Å². The molecule has 1 heterocycles. The zero-order chi connectivity index (χ0) is 17.3. The number of Topliss-reactive ketones (excluding diaryl/α,β-unsaturated/α-hetero) is 1. The molecule has 1 saturated heterocycles. The summed E-state index contributed by atoms with van der Waals surface area (Å²) in [6, 6.07) is 4.05. The van der Waals surface area contributed by atoms with E-state index in [9.17, 15) is 22.8 Å². The summed E-state index contributed by atoms with van der Waals surface area (Å²) in [7, 11) is 0. The van der Waals surface area contributed by atoms with Crippen LogP contribution in [0.3, 0.4) is 0 Å². The van der Waals surface area contributed by atoms with Crippen LogP contribution < -0.4 is 0 Å². The topological polar surface area (TPSA) is 43.4 Å². The normalized spacial score (nSPS) is 27.8. The maximum absolute atomic E-state index is 12.7. The second-order valence-electron chi connectivity index (χ2n) is 6.55. The van der Waals surface area contributed by atoms with Crippen LogP contribution in [0.4, 0.5) is 13.2 Å². The minimum Gasteiger partial charge on any atom is -0.461 e. The minimum absolute atomic E-state index is 0.132. The fraction of sp³-hybridized carbons (Fsp3) is 0.556. The van der Waals surface area contributed by atoms with Crippen LogP contribution in [0.1, 0.15) is 54.4 Å². The highest BCUT2D eigenvalue weighted by Gasteiger charge is 2.48. The molecule has 24 heavy (non-hydrogen) atoms. The van der Waals surface area contributed by atoms with E-state index in [1.807, 2.05) is 0 Å². The van der Waals surface area contributed by atoms with Gasteiger partial charge in [0.25, 0.3) is 0 Å². The molecule has 2 fully saturated rings. The number of alkyl halides is 3. The molecule has 0 unspecified atom stereocenters. The Bertz CT molecular complexity index is 621. The Morgan fingerprint density at radius 3 is 2.25 bits per heavy atom. The predicted molar refractivity (Wildman–Crippen MR) is 80.3 cm³/mol. The molecule has 0 bridgehead atoms. The fourth-order valence-electron chi connectivity index (χ4n) is 3.71. The number of carbonyl (C=O) groups is 2. The van der Waals surface area contributed by atoms with E-state index in [4.69, 9.17) is 4.74 Å². The Labute approximate surface area is 138 Å². The molecule has 1 saturated carbocycles. The average molecular weight is 340 g/mol. The molecule has 2 aliphatic rings. The summed E-state index contributed by atoms with van der Waals surface area (Å²) in [6.45, 7) is 0. The van der Waals surface area contributed by atoms with Crippen molar-refractivity contribution in [1.29, 1.82) is 0 Å². The van der Waals surface area contributed by atoms with Crippen molar-refractivity contribution < 1.29 is 27.5 Å². The van der Waals surface area contributed by atoms with Crippen molar-refractivity contribution in [2.75, 3.05) is 0 Å². The van der Waals surface area contributed by atoms with Gasteiger partial charge in [-0.3, -0.25) is 9.59 Å². The molecule has 1 aliphatic carbocycles. The average Bonchev–Trinajstić information content (AvgIpc) is 2.81. The summed E-state index contributed by atoms with van der Waals surface area (Å²) < 4.78 is 43.3. The first-order chi connectivity index (χ1) is 11.4. The third kappa shape index (κ3) is 3.32. The highest BCUT2D eigenvalue weighted by Crippen LogP contribution is 2.39. The molecule has 3 rings (SSSR count). The van der Waals surface area contributed by atoms with Gasteiger partial charge < -0.3 is 4.74 Å². The number of esters is 1. The maximum atomic E-state index is 12.7. The van der Waals surface area contributed by atoms with Gasteiger partial charge in [0.2, 0.25) is 0 Å². The van der Waals surface area contributed by atoms with Gasteiger partial charge in [-0.1, -0.05) is 31.4 Å². The van der Waals surface area contributed by atoms with Gasteiger partial charge >= 0.3 is 12.1 Å². The van der Waals surface area contributed by atoms with Crippen molar-refractivity contribution in [1.82, 2.24) is 0 Å². The van der Waals surface area contributed by atoms with Crippen LogP contribution >= 0.6 is 0 Å². The molecule has 0 radical (unpaired) electrons. The van der Waals surface area contributed by atoms with Gasteiger partial charge in [-0.25, -0.2) is 0 Å². The zero-order valence-corrected chi connectivity index (χ0v) is 13.1. The lowest BCUT2D eigenvalue weighted by Crippen LogP contribution is -2.29. The smallest absolute Gasteiger partial charge is 0.416 e. The van der Waals surface area contributed by atoms with Gasteiger partial charge in [-0.2, -0.15) is 13.2 Å². The highest BCUT2D eigenvalue weighted by molar-refractivity contribution is 6.09. The molecule has 0 amide bonds. The molecule has 1 aromatic rings. The number of hydrogen-bond donors (Lipinski definition) is 0. The predicted octanol–water partition coefficient (Wildman–Crippen LogP) is 4.40.